The summed E-state index contributed by atoms with van der Waals surface area (Å²) in [4.78, 5) is 9.41. The summed E-state index contributed by atoms with van der Waals surface area (Å²) in [6, 6.07) is 9.33. The van der Waals surface area contributed by atoms with Gasteiger partial charge in [-0.2, -0.15) is 5.10 Å². The van der Waals surface area contributed by atoms with Gasteiger partial charge in [0.25, 0.3) is 0 Å². The van der Waals surface area contributed by atoms with Crippen LogP contribution in [-0.2, 0) is 13.5 Å². The Labute approximate surface area is 161 Å². The lowest BCUT2D eigenvalue weighted by Gasteiger charge is -2.27. The van der Waals surface area contributed by atoms with Crippen molar-refractivity contribution in [3.05, 3.63) is 47.8 Å². The predicted molar refractivity (Wildman–Crippen MR) is 110 cm³/mol. The molecule has 6 heteroatoms. The van der Waals surface area contributed by atoms with Crippen molar-refractivity contribution in [3.63, 3.8) is 0 Å². The second-order valence-corrected chi connectivity index (χ2v) is 7.73. The Kier molecular flexibility index (Phi) is 5.05. The minimum Gasteiger partial charge on any atom is -0.367 e. The van der Waals surface area contributed by atoms with Gasteiger partial charge in [0.1, 0.15) is 0 Å². The van der Waals surface area contributed by atoms with Crippen LogP contribution in [0.4, 0.5) is 5.69 Å². The van der Waals surface area contributed by atoms with Crippen LogP contribution in [0.5, 0.6) is 0 Å². The van der Waals surface area contributed by atoms with Crippen LogP contribution >= 0.6 is 0 Å². The van der Waals surface area contributed by atoms with Crippen molar-refractivity contribution in [1.82, 2.24) is 20.0 Å². The molecule has 2 aliphatic rings. The second kappa shape index (κ2) is 7.62. The molecule has 0 spiro atoms. The molecule has 0 bridgehead atoms. The molecule has 0 saturated carbocycles. The number of aromatic nitrogens is 2. The lowest BCUT2D eigenvalue weighted by molar-refractivity contribution is 0.485. The Morgan fingerprint density at radius 2 is 2.19 bits per heavy atom. The van der Waals surface area contributed by atoms with Crippen molar-refractivity contribution >= 4 is 11.6 Å². The topological polar surface area (TPSA) is 48.7 Å². The highest BCUT2D eigenvalue weighted by atomic mass is 15.3. The maximum absolute atomic E-state index is 4.52. The van der Waals surface area contributed by atoms with E-state index in [0.29, 0.717) is 12.0 Å². The van der Waals surface area contributed by atoms with E-state index in [4.69, 9.17) is 0 Å². The number of likely N-dealkylation sites (tertiary alicyclic amines) is 1. The number of aliphatic imine (C=N–C) groups is 1. The van der Waals surface area contributed by atoms with E-state index in [0.717, 1.165) is 45.0 Å². The molecule has 1 saturated heterocycles. The van der Waals surface area contributed by atoms with Crippen LogP contribution in [0.3, 0.4) is 0 Å². The van der Waals surface area contributed by atoms with Crippen molar-refractivity contribution in [2.24, 2.45) is 12.0 Å². The Morgan fingerprint density at radius 3 is 2.96 bits per heavy atom. The number of aryl methyl sites for hydroxylation is 1. The van der Waals surface area contributed by atoms with E-state index in [2.05, 4.69) is 62.6 Å². The molecule has 0 aliphatic carbocycles. The molecular weight excluding hydrogens is 336 g/mol. The second-order valence-electron chi connectivity index (χ2n) is 7.73. The summed E-state index contributed by atoms with van der Waals surface area (Å²) in [5, 5.41) is 7.90. The van der Waals surface area contributed by atoms with Gasteiger partial charge < -0.3 is 15.1 Å². The highest BCUT2D eigenvalue weighted by Crippen LogP contribution is 2.31. The number of nitrogens with zero attached hydrogens (tertiary/aromatic N) is 5. The van der Waals surface area contributed by atoms with Gasteiger partial charge in [0.15, 0.2) is 5.96 Å². The molecule has 0 amide bonds. The molecule has 3 heterocycles. The van der Waals surface area contributed by atoms with Crippen LogP contribution in [0.25, 0.3) is 0 Å². The first-order valence-corrected chi connectivity index (χ1v) is 9.94. The predicted octanol–water partition coefficient (Wildman–Crippen LogP) is 2.24. The summed E-state index contributed by atoms with van der Waals surface area (Å²) in [7, 11) is 3.86. The van der Waals surface area contributed by atoms with Crippen molar-refractivity contribution in [2.75, 3.05) is 38.1 Å². The van der Waals surface area contributed by atoms with Crippen molar-refractivity contribution in [2.45, 2.75) is 31.7 Å². The largest absolute Gasteiger partial charge is 0.367 e. The standard InChI is InChI=1S/C21H30N6/c1-16-12-17-6-4-5-7-20(17)27(16)11-9-23-21(22-2)26-10-8-18(15-26)19-13-24-25(3)14-19/h4-7,13-14,16,18H,8-12,15H2,1-3H3,(H,22,23). The van der Waals surface area contributed by atoms with Gasteiger partial charge in [0, 0.05) is 64.1 Å². The van der Waals surface area contributed by atoms with Gasteiger partial charge in [-0.3, -0.25) is 9.67 Å². The normalized spacial score (nSPS) is 22.4. The minimum absolute atomic E-state index is 0.544. The van der Waals surface area contributed by atoms with Crippen LogP contribution < -0.4 is 10.2 Å². The first-order valence-electron chi connectivity index (χ1n) is 9.94. The van der Waals surface area contributed by atoms with Crippen LogP contribution in [0.1, 0.15) is 30.4 Å². The Hall–Kier alpha value is -2.50. The lowest BCUT2D eigenvalue weighted by atomic mass is 10.0. The Bertz CT molecular complexity index is 811. The Morgan fingerprint density at radius 1 is 1.33 bits per heavy atom. The third kappa shape index (κ3) is 3.66. The zero-order chi connectivity index (χ0) is 18.8. The van der Waals surface area contributed by atoms with E-state index in [-0.39, 0.29) is 0 Å². The molecule has 2 aliphatic heterocycles. The fraction of sp³-hybridized carbons (Fsp3) is 0.524. The molecule has 0 radical (unpaired) electrons. The van der Waals surface area contributed by atoms with Gasteiger partial charge in [0.05, 0.1) is 6.20 Å². The van der Waals surface area contributed by atoms with Crippen molar-refractivity contribution in [3.8, 4) is 0 Å². The maximum atomic E-state index is 4.52. The van der Waals surface area contributed by atoms with E-state index in [9.17, 15) is 0 Å². The van der Waals surface area contributed by atoms with Gasteiger partial charge in [-0.1, -0.05) is 18.2 Å². The number of hydrogen-bond donors (Lipinski definition) is 1. The van der Waals surface area contributed by atoms with Gasteiger partial charge >= 0.3 is 0 Å². The number of hydrogen-bond acceptors (Lipinski definition) is 3. The first-order chi connectivity index (χ1) is 13.2. The van der Waals surface area contributed by atoms with Crippen LogP contribution in [0.2, 0.25) is 0 Å². The van der Waals surface area contributed by atoms with Crippen molar-refractivity contribution < 1.29 is 0 Å². The number of para-hydroxylation sites is 1. The summed E-state index contributed by atoms with van der Waals surface area (Å²) >= 11 is 0. The number of guanidine groups is 1. The molecule has 2 aromatic rings. The number of anilines is 1. The number of benzene rings is 1. The molecule has 144 valence electrons. The molecule has 6 nitrogen and oxygen atoms in total. The van der Waals surface area contributed by atoms with E-state index in [1.54, 1.807) is 0 Å². The summed E-state index contributed by atoms with van der Waals surface area (Å²) in [6.45, 7) is 6.26. The maximum Gasteiger partial charge on any atom is 0.193 e. The number of fused-ring (bicyclic) bond motifs is 1. The first kappa shape index (κ1) is 17.9. The van der Waals surface area contributed by atoms with E-state index in [1.165, 1.54) is 16.8 Å². The summed E-state index contributed by atoms with van der Waals surface area (Å²) in [5.41, 5.74) is 4.19. The quantitative estimate of drug-likeness (QED) is 0.666. The van der Waals surface area contributed by atoms with Crippen molar-refractivity contribution in [1.29, 1.82) is 0 Å². The van der Waals surface area contributed by atoms with E-state index >= 15 is 0 Å². The average molecular weight is 367 g/mol. The fourth-order valence-electron chi connectivity index (χ4n) is 4.47. The average Bonchev–Trinajstić information content (AvgIpc) is 3.38. The number of nitrogens with one attached hydrogen (secondary N) is 1. The molecular formula is C21H30N6. The van der Waals surface area contributed by atoms with Crippen LogP contribution in [0, 0.1) is 0 Å². The smallest absolute Gasteiger partial charge is 0.193 e. The molecule has 2 unspecified atom stereocenters. The monoisotopic (exact) mass is 366 g/mol. The summed E-state index contributed by atoms with van der Waals surface area (Å²) in [5.74, 6) is 1.56. The molecule has 1 N–H and O–H groups in total. The van der Waals surface area contributed by atoms with Crippen LogP contribution in [0.15, 0.2) is 41.7 Å². The summed E-state index contributed by atoms with van der Waals surface area (Å²) < 4.78 is 1.89. The van der Waals surface area contributed by atoms with Crippen LogP contribution in [-0.4, -0.2) is 59.9 Å². The van der Waals surface area contributed by atoms with Gasteiger partial charge in [-0.15, -0.1) is 0 Å². The van der Waals surface area contributed by atoms with Gasteiger partial charge in [0.2, 0.25) is 0 Å². The van der Waals surface area contributed by atoms with E-state index in [1.807, 2.05) is 25.0 Å². The fourth-order valence-corrected chi connectivity index (χ4v) is 4.47. The zero-order valence-corrected chi connectivity index (χ0v) is 16.6. The molecule has 1 fully saturated rings. The molecule has 27 heavy (non-hydrogen) atoms. The minimum atomic E-state index is 0.544. The lowest BCUT2D eigenvalue weighted by Crippen LogP contribution is -2.44. The highest BCUT2D eigenvalue weighted by molar-refractivity contribution is 5.80. The molecule has 1 aromatic heterocycles. The molecule has 2 atom stereocenters. The zero-order valence-electron chi connectivity index (χ0n) is 16.6. The van der Waals surface area contributed by atoms with E-state index < -0.39 is 0 Å². The molecule has 1 aromatic carbocycles. The van der Waals surface area contributed by atoms with Gasteiger partial charge in [-0.25, -0.2) is 0 Å². The summed E-state index contributed by atoms with van der Waals surface area (Å²) in [6.07, 6.45) is 6.43. The third-order valence-corrected chi connectivity index (χ3v) is 5.88. The Balaban J connectivity index is 1.31. The molecule has 4 rings (SSSR count). The SMILES string of the molecule is CN=C(NCCN1c2ccccc2CC1C)N1CCC(c2cnn(C)c2)C1. The number of rotatable bonds is 4. The van der Waals surface area contributed by atoms with Gasteiger partial charge in [-0.05, 0) is 37.0 Å². The third-order valence-electron chi connectivity index (χ3n) is 5.88. The highest BCUT2D eigenvalue weighted by Gasteiger charge is 2.28.